The van der Waals surface area contributed by atoms with Gasteiger partial charge in [-0.1, -0.05) is 58.0 Å². The molecule has 0 aliphatic carbocycles. The second-order valence-corrected chi connectivity index (χ2v) is 8.51. The lowest BCUT2D eigenvalue weighted by molar-refractivity contribution is -0.118. The molecule has 0 atom stereocenters. The Morgan fingerprint density at radius 1 is 1.20 bits per heavy atom. The van der Waals surface area contributed by atoms with Gasteiger partial charge in [-0.2, -0.15) is 5.10 Å². The van der Waals surface area contributed by atoms with E-state index in [0.29, 0.717) is 22.7 Å². The summed E-state index contributed by atoms with van der Waals surface area (Å²) >= 11 is 4.72. The van der Waals surface area contributed by atoms with Crippen LogP contribution in [0.3, 0.4) is 0 Å². The summed E-state index contributed by atoms with van der Waals surface area (Å²) in [6.45, 7) is 2.34. The van der Waals surface area contributed by atoms with Crippen LogP contribution in [0.25, 0.3) is 16.7 Å². The van der Waals surface area contributed by atoms with E-state index in [1.54, 1.807) is 4.57 Å². The van der Waals surface area contributed by atoms with Crippen LogP contribution in [0.2, 0.25) is 0 Å². The number of rotatable bonds is 6. The number of aromatic amines is 1. The monoisotopic (exact) mass is 482 g/mol. The third-order valence-electron chi connectivity index (χ3n) is 4.53. The molecule has 0 aliphatic heterocycles. The summed E-state index contributed by atoms with van der Waals surface area (Å²) in [6, 6.07) is 17.4. The summed E-state index contributed by atoms with van der Waals surface area (Å²) in [5.74, 6) is 0.0860. The van der Waals surface area contributed by atoms with Crippen molar-refractivity contribution in [1.29, 1.82) is 5.41 Å². The fraction of sp³-hybridized carbons (Fsp3) is 0.143. The normalized spacial score (nSPS) is 11.0. The maximum atomic E-state index is 12.4. The summed E-state index contributed by atoms with van der Waals surface area (Å²) < 4.78 is 2.69. The average Bonchev–Trinajstić information content (AvgIpc) is 3.13. The summed E-state index contributed by atoms with van der Waals surface area (Å²) in [4.78, 5) is 17.0. The Labute approximate surface area is 185 Å². The number of halogens is 1. The molecule has 0 bridgehead atoms. The van der Waals surface area contributed by atoms with Gasteiger partial charge in [0.25, 0.3) is 0 Å². The van der Waals surface area contributed by atoms with Crippen LogP contribution < -0.4 is 10.8 Å². The summed E-state index contributed by atoms with van der Waals surface area (Å²) in [6.07, 6.45) is 0. The smallest absolute Gasteiger partial charge is 0.230 e. The fourth-order valence-electron chi connectivity index (χ4n) is 3.03. The van der Waals surface area contributed by atoms with Crippen molar-refractivity contribution in [2.45, 2.75) is 18.6 Å². The standard InChI is InChI=1S/C21H19BrN6OS/c1-13-18-19(23)28(16-9-7-15(22)8-10-16)21(25-20(18)27-26-13)30-12-17(29)24-11-14-5-3-2-4-6-14/h2-10,23H,11-12H2,1H3,(H,24,29)(H,26,27). The van der Waals surface area contributed by atoms with Crippen molar-refractivity contribution in [3.63, 3.8) is 0 Å². The molecule has 7 nitrogen and oxygen atoms in total. The molecule has 1 amide bonds. The molecule has 4 rings (SSSR count). The molecule has 152 valence electrons. The first-order chi connectivity index (χ1) is 14.5. The van der Waals surface area contributed by atoms with E-state index in [4.69, 9.17) is 5.41 Å². The third kappa shape index (κ3) is 4.31. The molecule has 0 fully saturated rings. The highest BCUT2D eigenvalue weighted by Crippen LogP contribution is 2.22. The first-order valence-corrected chi connectivity index (χ1v) is 11.0. The van der Waals surface area contributed by atoms with E-state index < -0.39 is 0 Å². The molecule has 0 saturated heterocycles. The zero-order valence-electron chi connectivity index (χ0n) is 16.1. The number of benzene rings is 2. The van der Waals surface area contributed by atoms with Gasteiger partial charge in [0.2, 0.25) is 5.91 Å². The molecule has 0 unspecified atom stereocenters. The van der Waals surface area contributed by atoms with Crippen molar-refractivity contribution < 1.29 is 4.79 Å². The third-order valence-corrected chi connectivity index (χ3v) is 6.00. The Hall–Kier alpha value is -2.91. The molecule has 0 saturated carbocycles. The number of amides is 1. The van der Waals surface area contributed by atoms with Crippen molar-refractivity contribution in [1.82, 2.24) is 25.1 Å². The number of nitrogens with one attached hydrogen (secondary N) is 3. The van der Waals surface area contributed by atoms with Gasteiger partial charge in [0, 0.05) is 22.4 Å². The van der Waals surface area contributed by atoms with E-state index in [9.17, 15) is 4.79 Å². The number of H-pyrrole nitrogens is 1. The molecule has 2 heterocycles. The minimum Gasteiger partial charge on any atom is -0.351 e. The highest BCUT2D eigenvalue weighted by Gasteiger charge is 2.16. The average molecular weight is 483 g/mol. The molecular formula is C21H19BrN6OS. The maximum Gasteiger partial charge on any atom is 0.230 e. The summed E-state index contributed by atoms with van der Waals surface area (Å²) in [5, 5.41) is 20.0. The van der Waals surface area contributed by atoms with Crippen LogP contribution in [0, 0.1) is 12.3 Å². The zero-order chi connectivity index (χ0) is 21.1. The van der Waals surface area contributed by atoms with Crippen LogP contribution in [0.5, 0.6) is 0 Å². The first-order valence-electron chi connectivity index (χ1n) is 9.24. The Kier molecular flexibility index (Phi) is 6.01. The largest absolute Gasteiger partial charge is 0.351 e. The fourth-order valence-corrected chi connectivity index (χ4v) is 4.14. The molecule has 0 aliphatic rings. The van der Waals surface area contributed by atoms with E-state index in [2.05, 4.69) is 36.4 Å². The van der Waals surface area contributed by atoms with Crippen LogP contribution in [0.15, 0.2) is 64.2 Å². The molecule has 9 heteroatoms. The highest BCUT2D eigenvalue weighted by atomic mass is 79.9. The molecular weight excluding hydrogens is 464 g/mol. The molecule has 2 aromatic heterocycles. The second kappa shape index (κ2) is 8.85. The number of hydrogen-bond donors (Lipinski definition) is 3. The van der Waals surface area contributed by atoms with Gasteiger partial charge in [0.15, 0.2) is 10.8 Å². The van der Waals surface area contributed by atoms with Crippen molar-refractivity contribution >= 4 is 44.6 Å². The minimum absolute atomic E-state index is 0.0992. The van der Waals surface area contributed by atoms with Crippen LogP contribution in [0.4, 0.5) is 0 Å². The van der Waals surface area contributed by atoms with Gasteiger partial charge in [-0.15, -0.1) is 0 Å². The highest BCUT2D eigenvalue weighted by molar-refractivity contribution is 9.10. The van der Waals surface area contributed by atoms with Gasteiger partial charge in [0.05, 0.1) is 11.1 Å². The van der Waals surface area contributed by atoms with Gasteiger partial charge >= 0.3 is 0 Å². The van der Waals surface area contributed by atoms with Crippen LogP contribution in [-0.2, 0) is 11.3 Å². The predicted octanol–water partition coefficient (Wildman–Crippen LogP) is 3.71. The van der Waals surface area contributed by atoms with Crippen LogP contribution >= 0.6 is 27.7 Å². The lowest BCUT2D eigenvalue weighted by Crippen LogP contribution is -2.26. The number of thioether (sulfide) groups is 1. The molecule has 3 N–H and O–H groups in total. The lowest BCUT2D eigenvalue weighted by Gasteiger charge is -2.13. The molecule has 0 spiro atoms. The molecule has 4 aromatic rings. The SMILES string of the molecule is Cc1[nH]nc2nc(SCC(=O)NCc3ccccc3)n(-c3ccc(Br)cc3)c(=N)c12. The van der Waals surface area contributed by atoms with Crippen molar-refractivity contribution in [3.05, 3.63) is 75.8 Å². The van der Waals surface area contributed by atoms with Gasteiger partial charge < -0.3 is 5.32 Å². The lowest BCUT2D eigenvalue weighted by atomic mass is 10.2. The van der Waals surface area contributed by atoms with Gasteiger partial charge in [-0.3, -0.25) is 19.9 Å². The van der Waals surface area contributed by atoms with E-state index in [0.717, 1.165) is 21.4 Å². The van der Waals surface area contributed by atoms with Crippen LogP contribution in [-0.4, -0.2) is 31.4 Å². The molecule has 0 radical (unpaired) electrons. The van der Waals surface area contributed by atoms with Crippen molar-refractivity contribution in [2.75, 3.05) is 5.75 Å². The van der Waals surface area contributed by atoms with E-state index in [1.165, 1.54) is 11.8 Å². The van der Waals surface area contributed by atoms with Crippen molar-refractivity contribution in [3.8, 4) is 5.69 Å². The topological polar surface area (TPSA) is 99.4 Å². The number of nitrogens with zero attached hydrogens (tertiary/aromatic N) is 3. The first kappa shape index (κ1) is 20.4. The quantitative estimate of drug-likeness (QED) is 0.288. The molecule has 30 heavy (non-hydrogen) atoms. The van der Waals surface area contributed by atoms with E-state index >= 15 is 0 Å². The number of carbonyl (C=O) groups excluding carboxylic acids is 1. The van der Waals surface area contributed by atoms with E-state index in [-0.39, 0.29) is 17.1 Å². The van der Waals surface area contributed by atoms with Gasteiger partial charge in [0.1, 0.15) is 5.49 Å². The summed E-state index contributed by atoms with van der Waals surface area (Å²) in [7, 11) is 0. The Morgan fingerprint density at radius 3 is 2.67 bits per heavy atom. The Bertz CT molecular complexity index is 1250. The Balaban J connectivity index is 1.61. The van der Waals surface area contributed by atoms with Gasteiger partial charge in [-0.25, -0.2) is 4.98 Å². The maximum absolute atomic E-state index is 12.4. The number of aryl methyl sites for hydroxylation is 1. The van der Waals surface area contributed by atoms with Crippen LogP contribution in [0.1, 0.15) is 11.3 Å². The molecule has 2 aromatic carbocycles. The second-order valence-electron chi connectivity index (χ2n) is 6.65. The predicted molar refractivity (Wildman–Crippen MR) is 121 cm³/mol. The number of carbonyl (C=O) groups is 1. The zero-order valence-corrected chi connectivity index (χ0v) is 18.5. The summed E-state index contributed by atoms with van der Waals surface area (Å²) in [5.41, 5.74) is 3.37. The van der Waals surface area contributed by atoms with Gasteiger partial charge in [-0.05, 0) is 36.8 Å². The Morgan fingerprint density at radius 2 is 1.93 bits per heavy atom. The number of aromatic nitrogens is 4. The van der Waals surface area contributed by atoms with E-state index in [1.807, 2.05) is 61.5 Å². The number of fused-ring (bicyclic) bond motifs is 1. The van der Waals surface area contributed by atoms with Crippen molar-refractivity contribution in [2.24, 2.45) is 0 Å². The minimum atomic E-state index is -0.0992. The number of hydrogen-bond acceptors (Lipinski definition) is 5.